The SMILES string of the molecule is COc1ccc([C@@H](O)CNc2nc(C(F)(F)F)cs2)cc1OC. The Bertz CT molecular complexity index is 661. The van der Waals surface area contributed by atoms with Gasteiger partial charge in [0.1, 0.15) is 0 Å². The first kappa shape index (κ1) is 17.4. The van der Waals surface area contributed by atoms with Crippen molar-refractivity contribution in [3.63, 3.8) is 0 Å². The summed E-state index contributed by atoms with van der Waals surface area (Å²) in [5.74, 6) is 0.976. The number of hydrogen-bond donors (Lipinski definition) is 2. The van der Waals surface area contributed by atoms with Gasteiger partial charge in [0, 0.05) is 11.9 Å². The highest BCUT2D eigenvalue weighted by molar-refractivity contribution is 7.13. The lowest BCUT2D eigenvalue weighted by Gasteiger charge is -2.14. The van der Waals surface area contributed by atoms with Gasteiger partial charge in [-0.05, 0) is 17.7 Å². The van der Waals surface area contributed by atoms with Crippen LogP contribution in [0.1, 0.15) is 17.4 Å². The molecule has 2 rings (SSSR count). The van der Waals surface area contributed by atoms with E-state index in [0.29, 0.717) is 17.1 Å². The first-order valence-corrected chi connectivity index (χ1v) is 7.39. The molecule has 0 fully saturated rings. The maximum absolute atomic E-state index is 12.5. The number of aliphatic hydroxyl groups excluding tert-OH is 1. The number of anilines is 1. The van der Waals surface area contributed by atoms with Crippen molar-refractivity contribution in [3.8, 4) is 11.5 Å². The Morgan fingerprint density at radius 3 is 2.52 bits per heavy atom. The second kappa shape index (κ2) is 7.05. The Kier molecular flexibility index (Phi) is 5.32. The van der Waals surface area contributed by atoms with E-state index in [1.165, 1.54) is 14.2 Å². The third-order valence-electron chi connectivity index (χ3n) is 3.03. The van der Waals surface area contributed by atoms with Crippen LogP contribution in [0.15, 0.2) is 23.6 Å². The lowest BCUT2D eigenvalue weighted by Crippen LogP contribution is -2.13. The quantitative estimate of drug-likeness (QED) is 0.838. The monoisotopic (exact) mass is 348 g/mol. The fraction of sp³-hybridized carbons (Fsp3) is 0.357. The number of nitrogens with zero attached hydrogens (tertiary/aromatic N) is 1. The molecule has 9 heteroatoms. The van der Waals surface area contributed by atoms with Crippen molar-refractivity contribution in [3.05, 3.63) is 34.8 Å². The van der Waals surface area contributed by atoms with Crippen LogP contribution in [0.3, 0.4) is 0 Å². The van der Waals surface area contributed by atoms with Crippen molar-refractivity contribution >= 4 is 16.5 Å². The molecule has 0 saturated carbocycles. The highest BCUT2D eigenvalue weighted by Crippen LogP contribution is 2.32. The van der Waals surface area contributed by atoms with Gasteiger partial charge in [0.05, 0.1) is 20.3 Å². The number of aliphatic hydroxyl groups is 1. The van der Waals surface area contributed by atoms with E-state index >= 15 is 0 Å². The summed E-state index contributed by atoms with van der Waals surface area (Å²) in [7, 11) is 2.97. The molecular weight excluding hydrogens is 333 g/mol. The van der Waals surface area contributed by atoms with E-state index < -0.39 is 18.0 Å². The number of benzene rings is 1. The average Bonchev–Trinajstić information content (AvgIpc) is 3.01. The smallest absolute Gasteiger partial charge is 0.434 e. The molecule has 1 atom stereocenters. The molecule has 1 aromatic carbocycles. The maximum Gasteiger partial charge on any atom is 0.434 e. The van der Waals surface area contributed by atoms with Crippen LogP contribution < -0.4 is 14.8 Å². The molecular formula is C14H15F3N2O3S. The average molecular weight is 348 g/mol. The van der Waals surface area contributed by atoms with Crippen molar-refractivity contribution in [2.45, 2.75) is 12.3 Å². The summed E-state index contributed by atoms with van der Waals surface area (Å²) in [6.45, 7) is 0.0142. The molecule has 0 saturated heterocycles. The Morgan fingerprint density at radius 2 is 1.96 bits per heavy atom. The predicted octanol–water partition coefficient (Wildman–Crippen LogP) is 3.32. The normalized spacial score (nSPS) is 12.8. The largest absolute Gasteiger partial charge is 0.493 e. The number of halogens is 3. The number of ether oxygens (including phenoxy) is 2. The minimum Gasteiger partial charge on any atom is -0.493 e. The molecule has 1 aromatic heterocycles. The molecule has 5 nitrogen and oxygen atoms in total. The molecule has 0 radical (unpaired) electrons. The molecule has 0 spiro atoms. The lowest BCUT2D eigenvalue weighted by molar-refractivity contribution is -0.140. The summed E-state index contributed by atoms with van der Waals surface area (Å²) in [5.41, 5.74) is -0.409. The van der Waals surface area contributed by atoms with Gasteiger partial charge in [-0.1, -0.05) is 6.07 Å². The molecule has 0 unspecified atom stereocenters. The van der Waals surface area contributed by atoms with Crippen LogP contribution in [-0.4, -0.2) is 30.9 Å². The van der Waals surface area contributed by atoms with E-state index in [2.05, 4.69) is 10.3 Å². The number of rotatable bonds is 6. The van der Waals surface area contributed by atoms with Crippen molar-refractivity contribution < 1.29 is 27.8 Å². The summed E-state index contributed by atoms with van der Waals surface area (Å²) in [5, 5.41) is 13.8. The fourth-order valence-corrected chi connectivity index (χ4v) is 2.57. The highest BCUT2D eigenvalue weighted by Gasteiger charge is 2.33. The Morgan fingerprint density at radius 1 is 1.26 bits per heavy atom. The van der Waals surface area contributed by atoms with Crippen molar-refractivity contribution in [2.24, 2.45) is 0 Å². The summed E-state index contributed by atoms with van der Waals surface area (Å²) >= 11 is 0.829. The molecule has 0 aliphatic rings. The first-order valence-electron chi connectivity index (χ1n) is 6.51. The molecule has 126 valence electrons. The van der Waals surface area contributed by atoms with Gasteiger partial charge in [-0.3, -0.25) is 0 Å². The van der Waals surface area contributed by atoms with Crippen molar-refractivity contribution in [1.82, 2.24) is 4.98 Å². The Hall–Kier alpha value is -2.00. The van der Waals surface area contributed by atoms with Crippen LogP contribution in [-0.2, 0) is 6.18 Å². The zero-order valence-electron chi connectivity index (χ0n) is 12.3. The van der Waals surface area contributed by atoms with Crippen molar-refractivity contribution in [2.75, 3.05) is 26.1 Å². The van der Waals surface area contributed by atoms with Crippen molar-refractivity contribution in [1.29, 1.82) is 0 Å². The second-order valence-corrected chi connectivity index (χ2v) is 5.40. The molecule has 0 bridgehead atoms. The third kappa shape index (κ3) is 4.26. The van der Waals surface area contributed by atoms with Gasteiger partial charge < -0.3 is 19.9 Å². The van der Waals surface area contributed by atoms with Gasteiger partial charge in [0.15, 0.2) is 22.3 Å². The van der Waals surface area contributed by atoms with Gasteiger partial charge in [0.2, 0.25) is 0 Å². The number of hydrogen-bond acceptors (Lipinski definition) is 6. The van der Waals surface area contributed by atoms with Crippen LogP contribution in [0.2, 0.25) is 0 Å². The molecule has 2 N–H and O–H groups in total. The Labute approximate surface area is 134 Å². The van der Waals surface area contributed by atoms with Crippen LogP contribution in [0.5, 0.6) is 11.5 Å². The maximum atomic E-state index is 12.5. The van der Waals surface area contributed by atoms with E-state index in [0.717, 1.165) is 16.7 Å². The zero-order valence-corrected chi connectivity index (χ0v) is 13.2. The first-order chi connectivity index (χ1) is 10.8. The van der Waals surface area contributed by atoms with E-state index in [1.807, 2.05) is 0 Å². The summed E-state index contributed by atoms with van der Waals surface area (Å²) in [6, 6.07) is 4.90. The van der Waals surface area contributed by atoms with Gasteiger partial charge in [-0.15, -0.1) is 11.3 Å². The minimum atomic E-state index is -4.47. The van der Waals surface area contributed by atoms with Crippen LogP contribution in [0, 0.1) is 0 Å². The molecule has 0 amide bonds. The fourth-order valence-electron chi connectivity index (χ4n) is 1.85. The standard InChI is InChI=1S/C14H15F3N2O3S/c1-21-10-4-3-8(5-11(10)22-2)9(20)6-18-13-19-12(7-23-13)14(15,16)17/h3-5,7,9,20H,6H2,1-2H3,(H,18,19)/t9-/m0/s1. The molecule has 0 aliphatic heterocycles. The number of methoxy groups -OCH3 is 2. The van der Waals surface area contributed by atoms with E-state index in [4.69, 9.17) is 9.47 Å². The van der Waals surface area contributed by atoms with Crippen LogP contribution >= 0.6 is 11.3 Å². The molecule has 1 heterocycles. The zero-order chi connectivity index (χ0) is 17.0. The summed E-state index contributed by atoms with van der Waals surface area (Å²) in [4.78, 5) is 3.43. The Balaban J connectivity index is 2.02. The summed E-state index contributed by atoms with van der Waals surface area (Å²) in [6.07, 6.45) is -5.41. The third-order valence-corrected chi connectivity index (χ3v) is 3.83. The van der Waals surface area contributed by atoms with E-state index in [9.17, 15) is 18.3 Å². The summed E-state index contributed by atoms with van der Waals surface area (Å²) < 4.78 is 47.6. The molecule has 2 aromatic rings. The lowest BCUT2D eigenvalue weighted by atomic mass is 10.1. The number of nitrogens with one attached hydrogen (secondary N) is 1. The van der Waals surface area contributed by atoms with E-state index in [-0.39, 0.29) is 11.7 Å². The second-order valence-electron chi connectivity index (χ2n) is 4.55. The van der Waals surface area contributed by atoms with Gasteiger partial charge in [-0.2, -0.15) is 13.2 Å². The highest BCUT2D eigenvalue weighted by atomic mass is 32.1. The topological polar surface area (TPSA) is 63.6 Å². The molecule has 0 aliphatic carbocycles. The van der Waals surface area contributed by atoms with Gasteiger partial charge >= 0.3 is 6.18 Å². The van der Waals surface area contributed by atoms with Gasteiger partial charge in [0.25, 0.3) is 0 Å². The number of aromatic nitrogens is 1. The number of alkyl halides is 3. The van der Waals surface area contributed by atoms with E-state index in [1.54, 1.807) is 18.2 Å². The van der Waals surface area contributed by atoms with Crippen LogP contribution in [0.4, 0.5) is 18.3 Å². The van der Waals surface area contributed by atoms with Gasteiger partial charge in [-0.25, -0.2) is 4.98 Å². The predicted molar refractivity (Wildman–Crippen MR) is 80.1 cm³/mol. The van der Waals surface area contributed by atoms with Crippen LogP contribution in [0.25, 0.3) is 0 Å². The molecule has 23 heavy (non-hydrogen) atoms. The minimum absolute atomic E-state index is 0.0142. The number of thiazole rings is 1.